The van der Waals surface area contributed by atoms with E-state index >= 15 is 0 Å². The summed E-state index contributed by atoms with van der Waals surface area (Å²) in [5.74, 6) is -0.649. The number of rotatable bonds is 8. The summed E-state index contributed by atoms with van der Waals surface area (Å²) in [7, 11) is 0. The first kappa shape index (κ1) is 22.3. The van der Waals surface area contributed by atoms with Gasteiger partial charge in [-0.1, -0.05) is 42.5 Å². The molecule has 0 saturated heterocycles. The molecule has 1 atom stereocenters. The molecular formula is C23H21N3O6. The standard InChI is InChI=1S/C23H21N3O6/c1-16(32-21-10-6-5-9-20(21)26(29)30)22(27)24-25-23(28)18-11-13-19(14-12-18)31-15-17-7-3-2-4-8-17/h2-14,16H,15H2,1H3,(H,24,27)(H,25,28). The molecule has 0 aliphatic carbocycles. The van der Waals surface area contributed by atoms with Crippen molar-refractivity contribution in [3.05, 3.63) is 100 Å². The lowest BCUT2D eigenvalue weighted by Gasteiger charge is -2.15. The Labute approximate surface area is 184 Å². The second kappa shape index (κ2) is 10.6. The summed E-state index contributed by atoms with van der Waals surface area (Å²) in [5, 5.41) is 11.0. The van der Waals surface area contributed by atoms with Gasteiger partial charge in [0.25, 0.3) is 11.8 Å². The van der Waals surface area contributed by atoms with Crippen molar-refractivity contribution in [2.45, 2.75) is 19.6 Å². The number of nitrogens with one attached hydrogen (secondary N) is 2. The number of carbonyl (C=O) groups is 2. The van der Waals surface area contributed by atoms with Crippen LogP contribution in [-0.4, -0.2) is 22.8 Å². The van der Waals surface area contributed by atoms with Gasteiger partial charge in [-0.15, -0.1) is 0 Å². The Morgan fingerprint density at radius 1 is 0.938 bits per heavy atom. The molecule has 0 aliphatic heterocycles. The highest BCUT2D eigenvalue weighted by Crippen LogP contribution is 2.26. The predicted octanol–water partition coefficient (Wildman–Crippen LogP) is 3.40. The van der Waals surface area contributed by atoms with Crippen LogP contribution < -0.4 is 20.3 Å². The fraction of sp³-hybridized carbons (Fsp3) is 0.130. The lowest BCUT2D eigenvalue weighted by molar-refractivity contribution is -0.386. The van der Waals surface area contributed by atoms with E-state index in [4.69, 9.17) is 9.47 Å². The summed E-state index contributed by atoms with van der Waals surface area (Å²) in [4.78, 5) is 34.9. The number of hydrogen-bond donors (Lipinski definition) is 2. The highest BCUT2D eigenvalue weighted by Gasteiger charge is 2.21. The third-order valence-electron chi connectivity index (χ3n) is 4.40. The van der Waals surface area contributed by atoms with Gasteiger partial charge in [-0.05, 0) is 42.8 Å². The zero-order valence-electron chi connectivity index (χ0n) is 17.2. The minimum absolute atomic E-state index is 0.0439. The Morgan fingerprint density at radius 3 is 2.28 bits per heavy atom. The highest BCUT2D eigenvalue weighted by atomic mass is 16.6. The lowest BCUT2D eigenvalue weighted by atomic mass is 10.2. The largest absolute Gasteiger partial charge is 0.489 e. The first-order valence-corrected chi connectivity index (χ1v) is 9.71. The number of hydrazine groups is 1. The van der Waals surface area contributed by atoms with E-state index in [1.807, 2.05) is 30.3 Å². The predicted molar refractivity (Wildman–Crippen MR) is 116 cm³/mol. The van der Waals surface area contributed by atoms with Crippen molar-refractivity contribution in [2.75, 3.05) is 0 Å². The first-order valence-electron chi connectivity index (χ1n) is 9.71. The number of nitrogens with zero attached hydrogens (tertiary/aromatic N) is 1. The molecule has 1 unspecified atom stereocenters. The minimum atomic E-state index is -1.08. The second-order valence-electron chi connectivity index (χ2n) is 6.73. The van der Waals surface area contributed by atoms with Crippen LogP contribution >= 0.6 is 0 Å². The number of nitro benzene ring substituents is 1. The number of benzene rings is 3. The number of nitro groups is 1. The van der Waals surface area contributed by atoms with Crippen LogP contribution in [0, 0.1) is 10.1 Å². The Morgan fingerprint density at radius 2 is 1.59 bits per heavy atom. The van der Waals surface area contributed by atoms with Crippen LogP contribution in [0.2, 0.25) is 0 Å². The van der Waals surface area contributed by atoms with E-state index < -0.39 is 22.8 Å². The molecule has 0 spiro atoms. The highest BCUT2D eigenvalue weighted by molar-refractivity contribution is 5.95. The van der Waals surface area contributed by atoms with Gasteiger partial charge in [0.2, 0.25) is 0 Å². The first-order chi connectivity index (χ1) is 15.4. The average molecular weight is 435 g/mol. The molecule has 2 N–H and O–H groups in total. The van der Waals surface area contributed by atoms with Crippen molar-refractivity contribution in [1.29, 1.82) is 0 Å². The monoisotopic (exact) mass is 435 g/mol. The van der Waals surface area contributed by atoms with Gasteiger partial charge in [0, 0.05) is 11.6 Å². The number of hydrogen-bond acceptors (Lipinski definition) is 6. The van der Waals surface area contributed by atoms with Crippen molar-refractivity contribution >= 4 is 17.5 Å². The minimum Gasteiger partial charge on any atom is -0.489 e. The summed E-state index contributed by atoms with van der Waals surface area (Å²) in [6.45, 7) is 1.82. The van der Waals surface area contributed by atoms with Crippen LogP contribution in [0.4, 0.5) is 5.69 Å². The van der Waals surface area contributed by atoms with Gasteiger partial charge in [-0.2, -0.15) is 0 Å². The Kier molecular flexibility index (Phi) is 7.37. The fourth-order valence-electron chi connectivity index (χ4n) is 2.69. The third kappa shape index (κ3) is 6.05. The summed E-state index contributed by atoms with van der Waals surface area (Å²) in [6, 6.07) is 21.8. The van der Waals surface area contributed by atoms with Gasteiger partial charge in [0.05, 0.1) is 4.92 Å². The van der Waals surface area contributed by atoms with Crippen molar-refractivity contribution in [3.8, 4) is 11.5 Å². The van der Waals surface area contributed by atoms with Crippen LogP contribution in [0.5, 0.6) is 11.5 Å². The number of carbonyl (C=O) groups excluding carboxylic acids is 2. The molecule has 164 valence electrons. The van der Waals surface area contributed by atoms with Gasteiger partial charge in [0.15, 0.2) is 11.9 Å². The van der Waals surface area contributed by atoms with Crippen LogP contribution in [0.25, 0.3) is 0 Å². The Bertz CT molecular complexity index is 1090. The maximum Gasteiger partial charge on any atom is 0.310 e. The quantitative estimate of drug-likeness (QED) is 0.413. The van der Waals surface area contributed by atoms with Gasteiger partial charge < -0.3 is 9.47 Å². The molecule has 0 saturated carbocycles. The Balaban J connectivity index is 1.49. The molecule has 0 radical (unpaired) electrons. The summed E-state index contributed by atoms with van der Waals surface area (Å²) >= 11 is 0. The van der Waals surface area contributed by atoms with Gasteiger partial charge in [-0.3, -0.25) is 30.6 Å². The van der Waals surface area contributed by atoms with E-state index in [9.17, 15) is 19.7 Å². The Hall–Kier alpha value is -4.40. The van der Waals surface area contributed by atoms with Crippen LogP contribution in [0.3, 0.4) is 0 Å². The molecule has 0 aliphatic rings. The average Bonchev–Trinajstić information content (AvgIpc) is 2.82. The van der Waals surface area contributed by atoms with Gasteiger partial charge in [-0.25, -0.2) is 0 Å². The molecule has 3 aromatic rings. The fourth-order valence-corrected chi connectivity index (χ4v) is 2.69. The molecule has 0 heterocycles. The van der Waals surface area contributed by atoms with Crippen LogP contribution in [-0.2, 0) is 11.4 Å². The molecule has 9 nitrogen and oxygen atoms in total. The SMILES string of the molecule is CC(Oc1ccccc1[N+](=O)[O-])C(=O)NNC(=O)c1ccc(OCc2ccccc2)cc1. The third-order valence-corrected chi connectivity index (χ3v) is 4.40. The normalized spacial score (nSPS) is 11.2. The van der Waals surface area contributed by atoms with Gasteiger partial charge >= 0.3 is 5.69 Å². The molecule has 32 heavy (non-hydrogen) atoms. The molecule has 3 rings (SSSR count). The van der Waals surface area contributed by atoms with E-state index in [0.29, 0.717) is 17.9 Å². The summed E-state index contributed by atoms with van der Waals surface area (Å²) in [6.07, 6.45) is -1.08. The zero-order chi connectivity index (χ0) is 22.9. The molecule has 0 fully saturated rings. The molecular weight excluding hydrogens is 414 g/mol. The molecule has 0 bridgehead atoms. The number of ether oxygens (including phenoxy) is 2. The van der Waals surface area contributed by atoms with Crippen LogP contribution in [0.15, 0.2) is 78.9 Å². The zero-order valence-corrected chi connectivity index (χ0v) is 17.2. The van der Waals surface area contributed by atoms with Crippen molar-refractivity contribution in [2.24, 2.45) is 0 Å². The van der Waals surface area contributed by atoms with E-state index in [2.05, 4.69) is 10.9 Å². The summed E-state index contributed by atoms with van der Waals surface area (Å²) < 4.78 is 11.0. The topological polar surface area (TPSA) is 120 Å². The lowest BCUT2D eigenvalue weighted by Crippen LogP contribution is -2.47. The number of amides is 2. The number of para-hydroxylation sites is 2. The molecule has 2 amide bonds. The second-order valence-corrected chi connectivity index (χ2v) is 6.73. The van der Waals surface area contributed by atoms with E-state index in [1.54, 1.807) is 30.3 Å². The maximum atomic E-state index is 12.3. The molecule has 9 heteroatoms. The van der Waals surface area contributed by atoms with E-state index in [0.717, 1.165) is 5.56 Å². The smallest absolute Gasteiger partial charge is 0.310 e. The summed E-state index contributed by atoms with van der Waals surface area (Å²) in [5.41, 5.74) is 5.61. The van der Waals surface area contributed by atoms with E-state index in [1.165, 1.54) is 25.1 Å². The van der Waals surface area contributed by atoms with Crippen molar-refractivity contribution < 1.29 is 24.0 Å². The molecule has 3 aromatic carbocycles. The van der Waals surface area contributed by atoms with Crippen molar-refractivity contribution in [3.63, 3.8) is 0 Å². The van der Waals surface area contributed by atoms with E-state index in [-0.39, 0.29) is 11.4 Å². The maximum absolute atomic E-state index is 12.3. The van der Waals surface area contributed by atoms with Crippen LogP contribution in [0.1, 0.15) is 22.8 Å². The van der Waals surface area contributed by atoms with Crippen molar-refractivity contribution in [1.82, 2.24) is 10.9 Å². The molecule has 0 aromatic heterocycles. The van der Waals surface area contributed by atoms with Gasteiger partial charge in [0.1, 0.15) is 12.4 Å².